The van der Waals surface area contributed by atoms with Crippen molar-refractivity contribution in [2.45, 2.75) is 43.9 Å². The van der Waals surface area contributed by atoms with Crippen molar-refractivity contribution >= 4 is 10.0 Å². The van der Waals surface area contributed by atoms with Crippen LogP contribution in [0.25, 0.3) is 0 Å². The minimum absolute atomic E-state index is 0.0583. The van der Waals surface area contributed by atoms with Crippen LogP contribution in [-0.4, -0.2) is 27.2 Å². The van der Waals surface area contributed by atoms with Crippen molar-refractivity contribution in [3.63, 3.8) is 0 Å². The first-order valence-electron chi connectivity index (χ1n) is 6.48. The summed E-state index contributed by atoms with van der Waals surface area (Å²) in [7, 11) is -3.79. The molecule has 20 heavy (non-hydrogen) atoms. The topological polar surface area (TPSA) is 81.4 Å². The summed E-state index contributed by atoms with van der Waals surface area (Å²) in [5.74, 6) is -0.566. The quantitative estimate of drug-likeness (QED) is 0.871. The molecule has 3 N–H and O–H groups in total. The molecule has 0 spiro atoms. The van der Waals surface area contributed by atoms with Gasteiger partial charge in [0.1, 0.15) is 5.82 Å². The third-order valence-corrected chi connectivity index (χ3v) is 5.18. The van der Waals surface area contributed by atoms with E-state index in [-0.39, 0.29) is 29.1 Å². The van der Waals surface area contributed by atoms with Crippen LogP contribution in [0, 0.1) is 12.7 Å². The molecule has 2 atom stereocenters. The standard InChI is InChI=1S/C13H19FN2O3S/c1-8-11(14)5-10(7-15)6-13(8)20(17,18)16-12-3-4-19-9(12)2/h5-6,9,12,16H,3-4,7,15H2,1-2H3. The van der Waals surface area contributed by atoms with E-state index in [1.807, 2.05) is 6.92 Å². The molecule has 0 amide bonds. The second-order valence-corrected chi connectivity index (χ2v) is 6.68. The summed E-state index contributed by atoms with van der Waals surface area (Å²) >= 11 is 0. The molecule has 1 heterocycles. The number of hydrogen-bond acceptors (Lipinski definition) is 4. The summed E-state index contributed by atoms with van der Waals surface area (Å²) in [6.07, 6.45) is 0.422. The highest BCUT2D eigenvalue weighted by Gasteiger charge is 2.30. The molecular weight excluding hydrogens is 283 g/mol. The van der Waals surface area contributed by atoms with Gasteiger partial charge in [-0.05, 0) is 38.0 Å². The highest BCUT2D eigenvalue weighted by Crippen LogP contribution is 2.22. The number of nitrogens with one attached hydrogen (secondary N) is 1. The van der Waals surface area contributed by atoms with Gasteiger partial charge in [-0.15, -0.1) is 0 Å². The lowest BCUT2D eigenvalue weighted by Gasteiger charge is -2.18. The molecule has 0 saturated carbocycles. The molecule has 2 unspecified atom stereocenters. The van der Waals surface area contributed by atoms with Crippen molar-refractivity contribution in [1.82, 2.24) is 4.72 Å². The van der Waals surface area contributed by atoms with Crippen LogP contribution >= 0.6 is 0 Å². The van der Waals surface area contributed by atoms with E-state index in [0.29, 0.717) is 18.6 Å². The summed E-state index contributed by atoms with van der Waals surface area (Å²) in [5, 5.41) is 0. The highest BCUT2D eigenvalue weighted by molar-refractivity contribution is 7.89. The second kappa shape index (κ2) is 5.77. The minimum Gasteiger partial charge on any atom is -0.377 e. The van der Waals surface area contributed by atoms with Crippen molar-refractivity contribution in [1.29, 1.82) is 0 Å². The van der Waals surface area contributed by atoms with Gasteiger partial charge in [0, 0.05) is 18.7 Å². The second-order valence-electron chi connectivity index (χ2n) is 5.00. The molecule has 0 radical (unpaired) electrons. The van der Waals surface area contributed by atoms with E-state index < -0.39 is 15.8 Å². The molecule has 1 saturated heterocycles. The fourth-order valence-electron chi connectivity index (χ4n) is 2.25. The SMILES string of the molecule is Cc1c(F)cc(CN)cc1S(=O)(=O)NC1CCOC1C. The van der Waals surface area contributed by atoms with Crippen molar-refractivity contribution in [2.24, 2.45) is 5.73 Å². The van der Waals surface area contributed by atoms with E-state index in [2.05, 4.69) is 4.72 Å². The van der Waals surface area contributed by atoms with Gasteiger partial charge < -0.3 is 10.5 Å². The highest BCUT2D eigenvalue weighted by atomic mass is 32.2. The van der Waals surface area contributed by atoms with Gasteiger partial charge in [-0.25, -0.2) is 17.5 Å². The van der Waals surface area contributed by atoms with Crippen LogP contribution in [-0.2, 0) is 21.3 Å². The van der Waals surface area contributed by atoms with Gasteiger partial charge in [0.2, 0.25) is 10.0 Å². The molecule has 1 aromatic carbocycles. The summed E-state index contributed by atoms with van der Waals surface area (Å²) < 4.78 is 46.5. The zero-order valence-corrected chi connectivity index (χ0v) is 12.3. The molecule has 1 aromatic rings. The van der Waals surface area contributed by atoms with Gasteiger partial charge in [0.15, 0.2) is 0 Å². The smallest absolute Gasteiger partial charge is 0.241 e. The Hall–Kier alpha value is -1.02. The Labute approximate surface area is 118 Å². The van der Waals surface area contributed by atoms with Crippen LogP contribution in [0.2, 0.25) is 0 Å². The van der Waals surface area contributed by atoms with Gasteiger partial charge >= 0.3 is 0 Å². The third-order valence-electron chi connectivity index (χ3n) is 3.56. The molecule has 2 rings (SSSR count). The minimum atomic E-state index is -3.79. The molecule has 0 aliphatic carbocycles. The molecule has 7 heteroatoms. The van der Waals surface area contributed by atoms with E-state index in [1.54, 1.807) is 0 Å². The Balaban J connectivity index is 2.36. The van der Waals surface area contributed by atoms with Crippen molar-refractivity contribution in [3.05, 3.63) is 29.1 Å². The molecule has 0 aromatic heterocycles. The lowest BCUT2D eigenvalue weighted by Crippen LogP contribution is -2.39. The fourth-order valence-corrected chi connectivity index (χ4v) is 3.90. The Morgan fingerprint density at radius 3 is 2.75 bits per heavy atom. The van der Waals surface area contributed by atoms with Crippen LogP contribution in [0.3, 0.4) is 0 Å². The van der Waals surface area contributed by atoms with Crippen LogP contribution in [0.4, 0.5) is 4.39 Å². The summed E-state index contributed by atoms with van der Waals surface area (Å²) in [5.41, 5.74) is 6.01. The Morgan fingerprint density at radius 1 is 1.50 bits per heavy atom. The number of rotatable bonds is 4. The van der Waals surface area contributed by atoms with Gasteiger partial charge in [-0.3, -0.25) is 0 Å². The van der Waals surface area contributed by atoms with Gasteiger partial charge in [0.25, 0.3) is 0 Å². The van der Waals surface area contributed by atoms with Gasteiger partial charge in [-0.2, -0.15) is 0 Å². The number of nitrogens with two attached hydrogens (primary N) is 1. The fraction of sp³-hybridized carbons (Fsp3) is 0.538. The zero-order chi connectivity index (χ0) is 14.9. The largest absolute Gasteiger partial charge is 0.377 e. The number of hydrogen-bond donors (Lipinski definition) is 2. The van der Waals surface area contributed by atoms with Crippen LogP contribution in [0.5, 0.6) is 0 Å². The predicted octanol–water partition coefficient (Wildman–Crippen LogP) is 1.05. The molecule has 1 aliphatic rings. The molecule has 1 aliphatic heterocycles. The summed E-state index contributed by atoms with van der Waals surface area (Å²) in [6, 6.07) is 2.39. The number of ether oxygens (including phenoxy) is 1. The van der Waals surface area contributed by atoms with E-state index in [0.717, 1.165) is 0 Å². The van der Waals surface area contributed by atoms with Crippen molar-refractivity contribution in [3.8, 4) is 0 Å². The van der Waals surface area contributed by atoms with E-state index in [4.69, 9.17) is 10.5 Å². The maximum absolute atomic E-state index is 13.8. The zero-order valence-electron chi connectivity index (χ0n) is 11.5. The molecule has 0 bridgehead atoms. The van der Waals surface area contributed by atoms with Crippen molar-refractivity contribution < 1.29 is 17.5 Å². The number of halogens is 1. The first kappa shape index (κ1) is 15.4. The lowest BCUT2D eigenvalue weighted by atomic mass is 10.1. The Bertz CT molecular complexity index is 604. The summed E-state index contributed by atoms with van der Waals surface area (Å²) in [4.78, 5) is -0.0583. The van der Waals surface area contributed by atoms with E-state index >= 15 is 0 Å². The van der Waals surface area contributed by atoms with Crippen molar-refractivity contribution in [2.75, 3.05) is 6.61 Å². The normalized spacial score (nSPS) is 23.2. The monoisotopic (exact) mass is 302 g/mol. The van der Waals surface area contributed by atoms with E-state index in [1.165, 1.54) is 19.1 Å². The molecular formula is C13H19FN2O3S. The summed E-state index contributed by atoms with van der Waals surface area (Å²) in [6.45, 7) is 3.86. The third kappa shape index (κ3) is 3.01. The Kier molecular flexibility index (Phi) is 4.43. The maximum atomic E-state index is 13.8. The van der Waals surface area contributed by atoms with Crippen LogP contribution in [0.1, 0.15) is 24.5 Å². The number of benzene rings is 1. The number of sulfonamides is 1. The maximum Gasteiger partial charge on any atom is 0.241 e. The lowest BCUT2D eigenvalue weighted by molar-refractivity contribution is 0.117. The van der Waals surface area contributed by atoms with Crippen LogP contribution in [0.15, 0.2) is 17.0 Å². The predicted molar refractivity (Wildman–Crippen MR) is 73.2 cm³/mol. The molecule has 5 nitrogen and oxygen atoms in total. The Morgan fingerprint density at radius 2 is 2.20 bits per heavy atom. The van der Waals surface area contributed by atoms with Crippen LogP contribution < -0.4 is 10.5 Å². The van der Waals surface area contributed by atoms with Gasteiger partial charge in [0.05, 0.1) is 17.0 Å². The van der Waals surface area contributed by atoms with E-state index in [9.17, 15) is 12.8 Å². The molecule has 1 fully saturated rings. The first-order valence-corrected chi connectivity index (χ1v) is 7.96. The average Bonchev–Trinajstić information content (AvgIpc) is 2.77. The first-order chi connectivity index (χ1) is 9.35. The molecule has 112 valence electrons. The van der Waals surface area contributed by atoms with Gasteiger partial charge in [-0.1, -0.05) is 0 Å². The average molecular weight is 302 g/mol.